The highest BCUT2D eigenvalue weighted by Crippen LogP contribution is 2.11. The number of rotatable bonds is 8. The summed E-state index contributed by atoms with van der Waals surface area (Å²) in [4.78, 5) is 22.6. The average molecular weight is 258 g/mol. The van der Waals surface area contributed by atoms with Crippen molar-refractivity contribution in [3.8, 4) is 0 Å². The number of carboxylic acid groups (broad SMARTS) is 1. The summed E-state index contributed by atoms with van der Waals surface area (Å²) in [5.41, 5.74) is 5.64. The Labute approximate surface area is 109 Å². The lowest BCUT2D eigenvalue weighted by Gasteiger charge is -2.20. The van der Waals surface area contributed by atoms with Gasteiger partial charge in [-0.15, -0.1) is 0 Å². The summed E-state index contributed by atoms with van der Waals surface area (Å²) in [6.45, 7) is 7.11. The van der Waals surface area contributed by atoms with Crippen LogP contribution in [0.2, 0.25) is 0 Å². The van der Waals surface area contributed by atoms with Crippen molar-refractivity contribution < 1.29 is 14.7 Å². The van der Waals surface area contributed by atoms with E-state index in [1.54, 1.807) is 13.8 Å². The first kappa shape index (κ1) is 16.9. The summed E-state index contributed by atoms with van der Waals surface area (Å²) in [7, 11) is 0. The van der Waals surface area contributed by atoms with Crippen LogP contribution in [0.1, 0.15) is 47.0 Å². The first-order valence-electron chi connectivity index (χ1n) is 6.54. The van der Waals surface area contributed by atoms with E-state index in [1.165, 1.54) is 0 Å². The fraction of sp³-hybridized carbons (Fsp3) is 0.846. The second-order valence-electron chi connectivity index (χ2n) is 5.23. The SMILES string of the molecule is CC(N)CCCC(C)C(=O)NC(C)C(C)C(=O)O. The highest BCUT2D eigenvalue weighted by Gasteiger charge is 2.22. The number of aliphatic carboxylic acids is 1. The first-order chi connectivity index (χ1) is 8.25. The third-order valence-electron chi connectivity index (χ3n) is 3.25. The first-order valence-corrected chi connectivity index (χ1v) is 6.54. The molecule has 0 aromatic rings. The highest BCUT2D eigenvalue weighted by molar-refractivity contribution is 5.79. The normalized spacial score (nSPS) is 17.6. The lowest BCUT2D eigenvalue weighted by Crippen LogP contribution is -2.42. The molecule has 0 aliphatic rings. The van der Waals surface area contributed by atoms with Gasteiger partial charge >= 0.3 is 5.97 Å². The van der Waals surface area contributed by atoms with Crippen LogP contribution >= 0.6 is 0 Å². The highest BCUT2D eigenvalue weighted by atomic mass is 16.4. The molecule has 18 heavy (non-hydrogen) atoms. The Morgan fingerprint density at radius 3 is 2.17 bits per heavy atom. The topological polar surface area (TPSA) is 92.4 Å². The van der Waals surface area contributed by atoms with Crippen LogP contribution in [-0.2, 0) is 9.59 Å². The van der Waals surface area contributed by atoms with E-state index in [4.69, 9.17) is 10.8 Å². The van der Waals surface area contributed by atoms with E-state index < -0.39 is 11.9 Å². The second kappa shape index (κ2) is 8.08. The Morgan fingerprint density at radius 2 is 1.72 bits per heavy atom. The standard InChI is InChI=1S/C13H26N2O3/c1-8(6-5-7-9(2)14)12(16)15-11(4)10(3)13(17)18/h8-11H,5-7,14H2,1-4H3,(H,15,16)(H,17,18). The van der Waals surface area contributed by atoms with Gasteiger partial charge in [0.2, 0.25) is 5.91 Å². The number of hydrogen-bond acceptors (Lipinski definition) is 3. The van der Waals surface area contributed by atoms with E-state index in [-0.39, 0.29) is 23.9 Å². The lowest BCUT2D eigenvalue weighted by molar-refractivity contribution is -0.142. The van der Waals surface area contributed by atoms with Crippen LogP contribution in [0.15, 0.2) is 0 Å². The summed E-state index contributed by atoms with van der Waals surface area (Å²) in [5, 5.41) is 11.6. The molecule has 0 heterocycles. The Hall–Kier alpha value is -1.10. The van der Waals surface area contributed by atoms with Crippen molar-refractivity contribution in [1.29, 1.82) is 0 Å². The molecular formula is C13H26N2O3. The van der Waals surface area contributed by atoms with Gasteiger partial charge in [-0.1, -0.05) is 13.3 Å². The van der Waals surface area contributed by atoms with Crippen LogP contribution in [0.3, 0.4) is 0 Å². The van der Waals surface area contributed by atoms with E-state index in [2.05, 4.69) is 5.32 Å². The van der Waals surface area contributed by atoms with E-state index in [1.807, 2.05) is 13.8 Å². The summed E-state index contributed by atoms with van der Waals surface area (Å²) >= 11 is 0. The maximum Gasteiger partial charge on any atom is 0.308 e. The Balaban J connectivity index is 4.04. The zero-order valence-electron chi connectivity index (χ0n) is 11.8. The van der Waals surface area contributed by atoms with E-state index in [9.17, 15) is 9.59 Å². The van der Waals surface area contributed by atoms with Crippen molar-refractivity contribution in [2.75, 3.05) is 0 Å². The molecule has 0 bridgehead atoms. The van der Waals surface area contributed by atoms with Gasteiger partial charge < -0.3 is 16.2 Å². The number of nitrogens with one attached hydrogen (secondary N) is 1. The van der Waals surface area contributed by atoms with E-state index in [0.29, 0.717) is 0 Å². The minimum absolute atomic E-state index is 0.0831. The molecular weight excluding hydrogens is 232 g/mol. The van der Waals surface area contributed by atoms with E-state index >= 15 is 0 Å². The number of carbonyl (C=O) groups is 2. The molecule has 1 amide bonds. The molecule has 0 saturated carbocycles. The Morgan fingerprint density at radius 1 is 1.17 bits per heavy atom. The number of nitrogens with two attached hydrogens (primary N) is 1. The maximum atomic E-state index is 11.8. The van der Waals surface area contributed by atoms with E-state index in [0.717, 1.165) is 19.3 Å². The maximum absolute atomic E-state index is 11.8. The Kier molecular flexibility index (Phi) is 7.59. The number of amides is 1. The average Bonchev–Trinajstić information content (AvgIpc) is 2.26. The van der Waals surface area contributed by atoms with Gasteiger partial charge in [-0.05, 0) is 33.6 Å². The minimum Gasteiger partial charge on any atom is -0.481 e. The molecule has 106 valence electrons. The molecule has 0 aliphatic heterocycles. The van der Waals surface area contributed by atoms with Crippen LogP contribution in [0.25, 0.3) is 0 Å². The molecule has 0 aromatic heterocycles. The predicted molar refractivity (Wildman–Crippen MR) is 71.1 cm³/mol. The zero-order chi connectivity index (χ0) is 14.3. The summed E-state index contributed by atoms with van der Waals surface area (Å²) in [5.74, 6) is -1.66. The van der Waals surface area contributed by atoms with Crippen LogP contribution < -0.4 is 11.1 Å². The summed E-state index contributed by atoms with van der Waals surface area (Å²) < 4.78 is 0. The van der Waals surface area contributed by atoms with Gasteiger partial charge in [0.05, 0.1) is 5.92 Å². The van der Waals surface area contributed by atoms with Gasteiger partial charge in [-0.2, -0.15) is 0 Å². The molecule has 0 radical (unpaired) electrons. The molecule has 0 aliphatic carbocycles. The van der Waals surface area contributed by atoms with Crippen LogP contribution in [0.5, 0.6) is 0 Å². The molecule has 4 unspecified atom stereocenters. The monoisotopic (exact) mass is 258 g/mol. The van der Waals surface area contributed by atoms with Gasteiger partial charge in [0.25, 0.3) is 0 Å². The largest absolute Gasteiger partial charge is 0.481 e. The molecule has 4 N–H and O–H groups in total. The fourth-order valence-electron chi connectivity index (χ4n) is 1.58. The number of carboxylic acids is 1. The van der Waals surface area contributed by atoms with Crippen LogP contribution in [0.4, 0.5) is 0 Å². The molecule has 0 fully saturated rings. The van der Waals surface area contributed by atoms with Gasteiger partial charge in [0.1, 0.15) is 0 Å². The number of hydrogen-bond donors (Lipinski definition) is 3. The summed E-state index contributed by atoms with van der Waals surface area (Å²) in [6.07, 6.45) is 2.59. The fourth-order valence-corrected chi connectivity index (χ4v) is 1.58. The molecule has 5 heteroatoms. The third kappa shape index (κ3) is 6.59. The van der Waals surface area contributed by atoms with Crippen molar-refractivity contribution in [2.24, 2.45) is 17.6 Å². The molecule has 5 nitrogen and oxygen atoms in total. The van der Waals surface area contributed by atoms with Gasteiger partial charge in [-0.25, -0.2) is 0 Å². The van der Waals surface area contributed by atoms with Crippen molar-refractivity contribution in [1.82, 2.24) is 5.32 Å². The van der Waals surface area contributed by atoms with Crippen molar-refractivity contribution in [3.63, 3.8) is 0 Å². The van der Waals surface area contributed by atoms with Crippen LogP contribution in [-0.4, -0.2) is 29.1 Å². The van der Waals surface area contributed by atoms with Crippen molar-refractivity contribution in [2.45, 2.75) is 59.0 Å². The van der Waals surface area contributed by atoms with Gasteiger partial charge in [-0.3, -0.25) is 9.59 Å². The lowest BCUT2D eigenvalue weighted by atomic mass is 9.99. The quantitative estimate of drug-likeness (QED) is 0.613. The van der Waals surface area contributed by atoms with Crippen LogP contribution in [0, 0.1) is 11.8 Å². The number of carbonyl (C=O) groups excluding carboxylic acids is 1. The molecule has 0 spiro atoms. The molecule has 4 atom stereocenters. The molecule has 0 rings (SSSR count). The third-order valence-corrected chi connectivity index (χ3v) is 3.25. The molecule has 0 saturated heterocycles. The van der Waals surface area contributed by atoms with Crippen molar-refractivity contribution in [3.05, 3.63) is 0 Å². The molecule has 0 aromatic carbocycles. The second-order valence-corrected chi connectivity index (χ2v) is 5.23. The van der Waals surface area contributed by atoms with Gasteiger partial charge in [0, 0.05) is 18.0 Å². The Bertz CT molecular complexity index is 279. The predicted octanol–water partition coefficient (Wildman–Crippen LogP) is 1.37. The minimum atomic E-state index is -0.896. The smallest absolute Gasteiger partial charge is 0.308 e. The zero-order valence-corrected chi connectivity index (χ0v) is 11.8. The van der Waals surface area contributed by atoms with Gasteiger partial charge in [0.15, 0.2) is 0 Å². The summed E-state index contributed by atoms with van der Waals surface area (Å²) in [6, 6.07) is -0.197. The van der Waals surface area contributed by atoms with Crippen molar-refractivity contribution >= 4 is 11.9 Å².